The van der Waals surface area contributed by atoms with Crippen molar-refractivity contribution in [3.63, 3.8) is 0 Å². The molecule has 3 rings (SSSR count). The van der Waals surface area contributed by atoms with Gasteiger partial charge in [0.2, 0.25) is 5.91 Å². The Hall–Kier alpha value is -3.07. The molecule has 0 bridgehead atoms. The van der Waals surface area contributed by atoms with E-state index >= 15 is 0 Å². The van der Waals surface area contributed by atoms with E-state index in [4.69, 9.17) is 0 Å². The molecule has 0 radical (unpaired) electrons. The van der Waals surface area contributed by atoms with Crippen LogP contribution in [0, 0.1) is 11.8 Å². The van der Waals surface area contributed by atoms with Gasteiger partial charge in [0, 0.05) is 17.9 Å². The summed E-state index contributed by atoms with van der Waals surface area (Å²) in [7, 11) is -3.76. The molecule has 0 heterocycles. The zero-order valence-electron chi connectivity index (χ0n) is 26.7. The van der Waals surface area contributed by atoms with Crippen LogP contribution in [0.15, 0.2) is 53.4 Å². The van der Waals surface area contributed by atoms with E-state index in [1.807, 2.05) is 12.1 Å². The lowest BCUT2D eigenvalue weighted by Gasteiger charge is -2.27. The number of carbonyl (C=O) groups is 2. The number of unbranched alkanes of at least 4 members (excludes halogenated alkanes) is 1. The molecule has 2 aromatic rings. The summed E-state index contributed by atoms with van der Waals surface area (Å²) >= 11 is 0. The van der Waals surface area contributed by atoms with Crippen LogP contribution in [-0.2, 0) is 20.2 Å². The zero-order chi connectivity index (χ0) is 31.5. The van der Waals surface area contributed by atoms with Gasteiger partial charge in [-0.25, -0.2) is 13.2 Å². The van der Waals surface area contributed by atoms with Crippen LogP contribution in [0.2, 0.25) is 0 Å². The Kier molecular flexibility index (Phi) is 12.9. The smallest absolute Gasteiger partial charge is 0.319 e. The van der Waals surface area contributed by atoms with Crippen molar-refractivity contribution in [1.82, 2.24) is 10.6 Å². The average Bonchev–Trinajstić information content (AvgIpc) is 2.98. The van der Waals surface area contributed by atoms with Crippen LogP contribution in [0.25, 0.3) is 0 Å². The van der Waals surface area contributed by atoms with E-state index < -0.39 is 22.1 Å². The third-order valence-corrected chi connectivity index (χ3v) is 9.85. The topological polar surface area (TPSA) is 116 Å². The molecular weight excluding hydrogens is 560 g/mol. The van der Waals surface area contributed by atoms with Crippen LogP contribution in [0.1, 0.15) is 104 Å². The Morgan fingerprint density at radius 3 is 2.12 bits per heavy atom. The van der Waals surface area contributed by atoms with E-state index in [1.54, 1.807) is 36.4 Å². The maximum atomic E-state index is 13.2. The molecular formula is C34H52N4O4S. The van der Waals surface area contributed by atoms with Crippen LogP contribution in [0.5, 0.6) is 0 Å². The molecule has 3 amide bonds. The highest BCUT2D eigenvalue weighted by atomic mass is 32.2. The number of hydrogen-bond acceptors (Lipinski definition) is 4. The van der Waals surface area contributed by atoms with Crippen molar-refractivity contribution in [1.29, 1.82) is 0 Å². The molecule has 1 aliphatic rings. The van der Waals surface area contributed by atoms with Crippen LogP contribution in [0.4, 0.5) is 16.2 Å². The van der Waals surface area contributed by atoms with Crippen molar-refractivity contribution in [2.45, 2.75) is 115 Å². The Morgan fingerprint density at radius 2 is 1.53 bits per heavy atom. The summed E-state index contributed by atoms with van der Waals surface area (Å²) in [5.74, 6) is 0.728. The van der Waals surface area contributed by atoms with Crippen molar-refractivity contribution in [3.8, 4) is 0 Å². The van der Waals surface area contributed by atoms with E-state index in [0.29, 0.717) is 36.2 Å². The fourth-order valence-corrected chi connectivity index (χ4v) is 6.65. The standard InChI is InChI=1S/C34H52N4O4S/c1-6-8-12-25(7-2)24-35-32(39)31(23-26-13-10-9-11-14-26)37-33(40)36-28-17-19-29(20-18-28)38-43(41,42)30-21-15-27(16-22-30)34(3,4)5/h15-22,25-26,31,38H,6-14,23-24H2,1-5H3,(H,35,39)(H2,36,37,40)/t25?,31-/m1/s1. The van der Waals surface area contributed by atoms with Gasteiger partial charge in [-0.1, -0.05) is 98.1 Å². The van der Waals surface area contributed by atoms with Crippen molar-refractivity contribution in [3.05, 3.63) is 54.1 Å². The molecule has 43 heavy (non-hydrogen) atoms. The van der Waals surface area contributed by atoms with Gasteiger partial charge in [0.1, 0.15) is 6.04 Å². The minimum Gasteiger partial charge on any atom is -0.354 e. The number of hydrogen-bond donors (Lipinski definition) is 4. The summed E-state index contributed by atoms with van der Waals surface area (Å²) in [4.78, 5) is 26.4. The lowest BCUT2D eigenvalue weighted by Crippen LogP contribution is -2.49. The Morgan fingerprint density at radius 1 is 0.907 bits per heavy atom. The fourth-order valence-electron chi connectivity index (χ4n) is 5.59. The minimum absolute atomic E-state index is 0.0725. The number of urea groups is 1. The third-order valence-electron chi connectivity index (χ3n) is 8.45. The summed E-state index contributed by atoms with van der Waals surface area (Å²) in [6.45, 7) is 11.2. The minimum atomic E-state index is -3.76. The number of nitrogens with one attached hydrogen (secondary N) is 4. The van der Waals surface area contributed by atoms with Crippen LogP contribution < -0.4 is 20.7 Å². The van der Waals surface area contributed by atoms with Gasteiger partial charge in [-0.3, -0.25) is 9.52 Å². The highest BCUT2D eigenvalue weighted by Gasteiger charge is 2.26. The zero-order valence-corrected chi connectivity index (χ0v) is 27.5. The van der Waals surface area contributed by atoms with E-state index in [2.05, 4.69) is 55.3 Å². The lowest BCUT2D eigenvalue weighted by atomic mass is 9.84. The fraction of sp³-hybridized carbons (Fsp3) is 0.588. The Labute approximate surface area is 259 Å². The van der Waals surface area contributed by atoms with Crippen molar-refractivity contribution in [2.24, 2.45) is 11.8 Å². The van der Waals surface area contributed by atoms with Gasteiger partial charge in [0.15, 0.2) is 0 Å². The number of sulfonamides is 1. The highest BCUT2D eigenvalue weighted by molar-refractivity contribution is 7.92. The molecule has 2 atom stereocenters. The summed E-state index contributed by atoms with van der Waals surface area (Å²) in [6, 6.07) is 12.3. The van der Waals surface area contributed by atoms with Crippen LogP contribution in [-0.4, -0.2) is 32.9 Å². The highest BCUT2D eigenvalue weighted by Crippen LogP contribution is 2.28. The van der Waals surface area contributed by atoms with E-state index in [0.717, 1.165) is 44.1 Å². The van der Waals surface area contributed by atoms with E-state index in [-0.39, 0.29) is 16.2 Å². The maximum Gasteiger partial charge on any atom is 0.319 e. The van der Waals surface area contributed by atoms with Gasteiger partial charge in [0.25, 0.3) is 10.0 Å². The van der Waals surface area contributed by atoms with Gasteiger partial charge in [-0.15, -0.1) is 0 Å². The molecule has 1 saturated carbocycles. The maximum absolute atomic E-state index is 13.2. The second kappa shape index (κ2) is 16.1. The molecule has 1 fully saturated rings. The van der Waals surface area contributed by atoms with Gasteiger partial charge in [-0.2, -0.15) is 0 Å². The number of amides is 3. The first-order chi connectivity index (χ1) is 20.4. The second-order valence-corrected chi connectivity index (χ2v) is 14.7. The predicted molar refractivity (Wildman–Crippen MR) is 176 cm³/mol. The summed E-state index contributed by atoms with van der Waals surface area (Å²) in [5.41, 5.74) is 1.86. The molecule has 0 aromatic heterocycles. The quantitative estimate of drug-likeness (QED) is 0.176. The first-order valence-corrected chi connectivity index (χ1v) is 17.5. The largest absolute Gasteiger partial charge is 0.354 e. The molecule has 0 aliphatic heterocycles. The van der Waals surface area contributed by atoms with Gasteiger partial charge in [0.05, 0.1) is 4.90 Å². The van der Waals surface area contributed by atoms with E-state index in [9.17, 15) is 18.0 Å². The second-order valence-electron chi connectivity index (χ2n) is 13.0. The number of anilines is 2. The summed E-state index contributed by atoms with van der Waals surface area (Å²) < 4.78 is 28.4. The number of benzene rings is 2. The van der Waals surface area contributed by atoms with Crippen molar-refractivity contribution >= 4 is 33.3 Å². The van der Waals surface area contributed by atoms with Gasteiger partial charge in [-0.05, 0) is 72.1 Å². The number of carbonyl (C=O) groups excluding carboxylic acids is 2. The average molecular weight is 613 g/mol. The normalized spacial score (nSPS) is 15.7. The molecule has 8 nitrogen and oxygen atoms in total. The Balaban J connectivity index is 1.60. The lowest BCUT2D eigenvalue weighted by molar-refractivity contribution is -0.123. The predicted octanol–water partition coefficient (Wildman–Crippen LogP) is 7.58. The number of rotatable bonds is 14. The molecule has 0 spiro atoms. The first kappa shape index (κ1) is 34.4. The monoisotopic (exact) mass is 612 g/mol. The van der Waals surface area contributed by atoms with Crippen molar-refractivity contribution in [2.75, 3.05) is 16.6 Å². The molecule has 238 valence electrons. The summed E-state index contributed by atoms with van der Waals surface area (Å²) in [5, 5.41) is 8.82. The first-order valence-electron chi connectivity index (χ1n) is 16.0. The third kappa shape index (κ3) is 11.2. The SMILES string of the molecule is CCCCC(CC)CNC(=O)[C@@H](CC1CCCCC1)NC(=O)Nc1ccc(NS(=O)(=O)c2ccc(C(C)(C)C)cc2)cc1. The van der Waals surface area contributed by atoms with Crippen LogP contribution >= 0.6 is 0 Å². The molecule has 9 heteroatoms. The summed E-state index contributed by atoms with van der Waals surface area (Å²) in [6.07, 6.45) is 10.7. The molecule has 1 unspecified atom stereocenters. The van der Waals surface area contributed by atoms with E-state index in [1.165, 1.54) is 19.3 Å². The van der Waals surface area contributed by atoms with Gasteiger partial charge >= 0.3 is 6.03 Å². The van der Waals surface area contributed by atoms with Crippen molar-refractivity contribution < 1.29 is 18.0 Å². The molecule has 1 aliphatic carbocycles. The molecule has 0 saturated heterocycles. The van der Waals surface area contributed by atoms with Gasteiger partial charge < -0.3 is 16.0 Å². The molecule has 4 N–H and O–H groups in total. The molecule has 2 aromatic carbocycles. The Bertz CT molecular complexity index is 1260. The van der Waals surface area contributed by atoms with Crippen LogP contribution in [0.3, 0.4) is 0 Å².